The van der Waals surface area contributed by atoms with Gasteiger partial charge in [-0.15, -0.1) is 0 Å². The van der Waals surface area contributed by atoms with Crippen molar-refractivity contribution in [1.82, 2.24) is 9.13 Å². The van der Waals surface area contributed by atoms with E-state index < -0.39 is 17.2 Å². The molecule has 0 amide bonds. The lowest BCUT2D eigenvalue weighted by Gasteiger charge is -2.12. The molecule has 0 fully saturated rings. The van der Waals surface area contributed by atoms with E-state index in [-0.39, 0.29) is 5.56 Å². The molecule has 0 atom stereocenters. The van der Waals surface area contributed by atoms with Gasteiger partial charge in [-0.3, -0.25) is 9.36 Å². The van der Waals surface area contributed by atoms with E-state index in [9.17, 15) is 19.5 Å². The Morgan fingerprint density at radius 1 is 1.00 bits per heavy atom. The van der Waals surface area contributed by atoms with Gasteiger partial charge in [-0.25, -0.2) is 14.2 Å². The van der Waals surface area contributed by atoms with Crippen LogP contribution in [0.15, 0.2) is 76.3 Å². The molecule has 1 N–H and O–H groups in total. The second-order valence-corrected chi connectivity index (χ2v) is 7.48. The molecule has 0 spiro atoms. The minimum absolute atomic E-state index is 0.121. The van der Waals surface area contributed by atoms with Gasteiger partial charge in [0.2, 0.25) is 0 Å². The van der Waals surface area contributed by atoms with Crippen LogP contribution >= 0.6 is 0 Å². The molecular weight excluding hydrogens is 404 g/mol. The summed E-state index contributed by atoms with van der Waals surface area (Å²) in [5, 5.41) is 9.61. The molecule has 6 nitrogen and oxygen atoms in total. The first-order valence-corrected chi connectivity index (χ1v) is 10.00. The maximum Gasteiger partial charge on any atom is 0.335 e. The molecule has 0 aliphatic carbocycles. The summed E-state index contributed by atoms with van der Waals surface area (Å²) < 4.78 is 2.46. The molecule has 0 aliphatic heterocycles. The van der Waals surface area contributed by atoms with Crippen LogP contribution in [-0.2, 0) is 13.5 Å². The minimum atomic E-state index is -1.06. The van der Waals surface area contributed by atoms with Crippen LogP contribution in [0.2, 0.25) is 0 Å². The molecule has 0 saturated heterocycles. The monoisotopic (exact) mass is 424 g/mol. The number of aromatic nitrogens is 2. The fourth-order valence-electron chi connectivity index (χ4n) is 3.64. The van der Waals surface area contributed by atoms with Gasteiger partial charge in [0, 0.05) is 19.0 Å². The molecule has 0 radical (unpaired) electrons. The van der Waals surface area contributed by atoms with Crippen LogP contribution < -0.4 is 11.2 Å². The molecule has 158 valence electrons. The Labute approximate surface area is 184 Å². The summed E-state index contributed by atoms with van der Waals surface area (Å²) in [7, 11) is 1.60. The summed E-state index contributed by atoms with van der Waals surface area (Å²) in [6.07, 6.45) is 0.589. The molecule has 4 aromatic rings. The third-order valence-electron chi connectivity index (χ3n) is 5.34. The summed E-state index contributed by atoms with van der Waals surface area (Å²) >= 11 is 0. The summed E-state index contributed by atoms with van der Waals surface area (Å²) in [6, 6.07) is 19.5. The molecule has 3 aromatic carbocycles. The summed E-state index contributed by atoms with van der Waals surface area (Å²) in [5.41, 5.74) is 2.20. The van der Waals surface area contributed by atoms with Crippen molar-refractivity contribution in [3.8, 4) is 17.5 Å². The van der Waals surface area contributed by atoms with Crippen molar-refractivity contribution >= 4 is 16.9 Å². The highest BCUT2D eigenvalue weighted by molar-refractivity contribution is 5.89. The highest BCUT2D eigenvalue weighted by atomic mass is 16.4. The molecular formula is C26H20N2O4. The summed E-state index contributed by atoms with van der Waals surface area (Å²) in [5.74, 6) is 5.14. The first kappa shape index (κ1) is 20.9. The first-order valence-electron chi connectivity index (χ1n) is 10.00. The lowest BCUT2D eigenvalue weighted by atomic mass is 10.1. The van der Waals surface area contributed by atoms with E-state index in [0.717, 1.165) is 10.1 Å². The van der Waals surface area contributed by atoms with E-state index >= 15 is 0 Å². The minimum Gasteiger partial charge on any atom is -0.478 e. The van der Waals surface area contributed by atoms with Gasteiger partial charge in [-0.05, 0) is 54.4 Å². The molecule has 1 heterocycles. The van der Waals surface area contributed by atoms with Gasteiger partial charge >= 0.3 is 11.7 Å². The largest absolute Gasteiger partial charge is 0.478 e. The number of carboxylic acids is 1. The standard InChI is InChI=1S/C26H20N2O4/c1-17-15-20(12-13-21(17)25(30)31)28-24(29)22-16-19(11-14-23(22)27(2)26(28)32)10-6-9-18-7-4-3-5-8-18/h3-5,7-8,11-16H,9H2,1-2H3,(H,30,31). The summed E-state index contributed by atoms with van der Waals surface area (Å²) in [4.78, 5) is 37.5. The maximum atomic E-state index is 13.3. The highest BCUT2D eigenvalue weighted by Gasteiger charge is 2.15. The number of carboxylic acid groups (broad SMARTS) is 1. The molecule has 0 unspecified atom stereocenters. The summed E-state index contributed by atoms with van der Waals surface area (Å²) in [6.45, 7) is 1.63. The molecule has 6 heteroatoms. The molecule has 0 aliphatic rings. The van der Waals surface area contributed by atoms with Crippen LogP contribution in [-0.4, -0.2) is 20.2 Å². The number of aryl methyl sites for hydroxylation is 2. The van der Waals surface area contributed by atoms with E-state index in [4.69, 9.17) is 0 Å². The predicted octanol–water partition coefficient (Wildman–Crippen LogP) is 3.29. The SMILES string of the molecule is Cc1cc(-n2c(=O)c3cc(C#CCc4ccccc4)ccc3n(C)c2=O)ccc1C(=O)O. The highest BCUT2D eigenvalue weighted by Crippen LogP contribution is 2.15. The number of hydrogen-bond donors (Lipinski definition) is 1. The average Bonchev–Trinajstić information content (AvgIpc) is 2.78. The Bertz CT molecular complexity index is 1530. The van der Waals surface area contributed by atoms with Crippen molar-refractivity contribution < 1.29 is 9.90 Å². The number of aromatic carboxylic acids is 1. The third kappa shape index (κ3) is 3.84. The van der Waals surface area contributed by atoms with Gasteiger partial charge in [-0.2, -0.15) is 0 Å². The lowest BCUT2D eigenvalue weighted by Crippen LogP contribution is -2.38. The van der Waals surface area contributed by atoms with Crippen LogP contribution in [0.5, 0.6) is 0 Å². The first-order chi connectivity index (χ1) is 15.4. The van der Waals surface area contributed by atoms with Crippen molar-refractivity contribution in [2.45, 2.75) is 13.3 Å². The smallest absolute Gasteiger partial charge is 0.335 e. The molecule has 1 aromatic heterocycles. The molecule has 4 rings (SSSR count). The Morgan fingerprint density at radius 2 is 1.75 bits per heavy atom. The van der Waals surface area contributed by atoms with Gasteiger partial charge in [0.1, 0.15) is 0 Å². The molecule has 0 saturated carbocycles. The van der Waals surface area contributed by atoms with Crippen LogP contribution in [0.3, 0.4) is 0 Å². The fraction of sp³-hybridized carbons (Fsp3) is 0.115. The number of rotatable bonds is 3. The zero-order valence-electron chi connectivity index (χ0n) is 17.6. The van der Waals surface area contributed by atoms with E-state index in [0.29, 0.717) is 34.1 Å². The fourth-order valence-corrected chi connectivity index (χ4v) is 3.64. The molecule has 0 bridgehead atoms. The number of fused-ring (bicyclic) bond motifs is 1. The van der Waals surface area contributed by atoms with Gasteiger partial charge in [0.15, 0.2) is 0 Å². The van der Waals surface area contributed by atoms with Crippen LogP contribution in [0.1, 0.15) is 27.0 Å². The normalized spacial score (nSPS) is 10.6. The topological polar surface area (TPSA) is 81.3 Å². The van der Waals surface area contributed by atoms with Gasteiger partial charge in [-0.1, -0.05) is 42.2 Å². The van der Waals surface area contributed by atoms with E-state index in [2.05, 4.69) is 11.8 Å². The van der Waals surface area contributed by atoms with Gasteiger partial charge in [0.05, 0.1) is 22.2 Å². The lowest BCUT2D eigenvalue weighted by molar-refractivity contribution is 0.0696. The second-order valence-electron chi connectivity index (χ2n) is 7.48. The Hall–Kier alpha value is -4.37. The van der Waals surface area contributed by atoms with Crippen molar-refractivity contribution in [3.63, 3.8) is 0 Å². The Balaban J connectivity index is 1.82. The maximum absolute atomic E-state index is 13.3. The van der Waals surface area contributed by atoms with Gasteiger partial charge in [0.25, 0.3) is 5.56 Å². The van der Waals surface area contributed by atoms with Crippen molar-refractivity contribution in [2.24, 2.45) is 7.05 Å². The van der Waals surface area contributed by atoms with Crippen LogP contribution in [0.4, 0.5) is 0 Å². The quantitative estimate of drug-likeness (QED) is 0.512. The van der Waals surface area contributed by atoms with Crippen molar-refractivity contribution in [2.75, 3.05) is 0 Å². The zero-order valence-corrected chi connectivity index (χ0v) is 17.6. The Morgan fingerprint density at radius 3 is 2.44 bits per heavy atom. The number of benzene rings is 3. The average molecular weight is 424 g/mol. The Kier molecular flexibility index (Phi) is 5.48. The molecule has 32 heavy (non-hydrogen) atoms. The van der Waals surface area contributed by atoms with Crippen LogP contribution in [0, 0.1) is 18.8 Å². The number of nitrogens with zero attached hydrogens (tertiary/aromatic N) is 2. The van der Waals surface area contributed by atoms with Gasteiger partial charge < -0.3 is 5.11 Å². The third-order valence-corrected chi connectivity index (χ3v) is 5.34. The van der Waals surface area contributed by atoms with E-state index in [1.54, 1.807) is 32.2 Å². The second kappa shape index (κ2) is 8.40. The van der Waals surface area contributed by atoms with E-state index in [1.165, 1.54) is 22.8 Å². The van der Waals surface area contributed by atoms with Crippen molar-refractivity contribution in [1.29, 1.82) is 0 Å². The van der Waals surface area contributed by atoms with E-state index in [1.807, 2.05) is 30.3 Å². The predicted molar refractivity (Wildman–Crippen MR) is 124 cm³/mol. The number of carbonyl (C=O) groups is 1. The zero-order chi connectivity index (χ0) is 22.8. The number of hydrogen-bond acceptors (Lipinski definition) is 3. The van der Waals surface area contributed by atoms with Crippen molar-refractivity contribution in [3.05, 3.63) is 110 Å². The van der Waals surface area contributed by atoms with Crippen LogP contribution in [0.25, 0.3) is 16.6 Å².